The second-order valence-electron chi connectivity index (χ2n) is 5.63. The Balaban J connectivity index is 2.31. The summed E-state index contributed by atoms with van der Waals surface area (Å²) >= 11 is 0. The highest BCUT2D eigenvalue weighted by Crippen LogP contribution is 2.41. The minimum Gasteiger partial charge on any atom is -0.326 e. The Morgan fingerprint density at radius 3 is 2.53 bits per heavy atom. The van der Waals surface area contributed by atoms with Crippen LogP contribution in [0.3, 0.4) is 0 Å². The number of benzene rings is 1. The van der Waals surface area contributed by atoms with Crippen molar-refractivity contribution in [2.45, 2.75) is 37.6 Å². The normalized spacial score (nSPS) is 18.8. The zero-order valence-electron chi connectivity index (χ0n) is 11.1. The molecule has 2 N–H and O–H groups in total. The van der Waals surface area contributed by atoms with Crippen LogP contribution in [0.1, 0.15) is 36.8 Å². The predicted molar refractivity (Wildman–Crippen MR) is 73.0 cm³/mol. The van der Waals surface area contributed by atoms with Gasteiger partial charge in [-0.2, -0.15) is 0 Å². The van der Waals surface area contributed by atoms with Crippen LogP contribution in [0.2, 0.25) is 0 Å². The molecule has 1 fully saturated rings. The van der Waals surface area contributed by atoms with Gasteiger partial charge in [0, 0.05) is 18.5 Å². The summed E-state index contributed by atoms with van der Waals surface area (Å²) in [5, 5.41) is 0. The van der Waals surface area contributed by atoms with Crippen LogP contribution in [0.25, 0.3) is 0 Å². The molecule has 0 radical (unpaired) electrons. The molecule has 2 heteroatoms. The van der Waals surface area contributed by atoms with Gasteiger partial charge >= 0.3 is 0 Å². The van der Waals surface area contributed by atoms with Crippen molar-refractivity contribution in [3.63, 3.8) is 0 Å². The maximum Gasteiger partial charge on any atom is 0.0178 e. The second kappa shape index (κ2) is 5.19. The van der Waals surface area contributed by atoms with E-state index < -0.39 is 0 Å². The molecular formula is C15H24N2. The number of nitrogens with zero attached hydrogens (tertiary/aromatic N) is 1. The van der Waals surface area contributed by atoms with Crippen molar-refractivity contribution in [3.05, 3.63) is 35.4 Å². The molecule has 94 valence electrons. The molecule has 0 atom stereocenters. The Morgan fingerprint density at radius 1 is 1.24 bits per heavy atom. The highest BCUT2D eigenvalue weighted by molar-refractivity contribution is 5.31. The van der Waals surface area contributed by atoms with Crippen LogP contribution in [-0.2, 0) is 12.0 Å². The van der Waals surface area contributed by atoms with E-state index in [1.54, 1.807) is 0 Å². The SMILES string of the molecule is CN(C)CC1(c2cccc(CN)c2)CCCC1. The standard InChI is InChI=1S/C15H24N2/c1-17(2)12-15(8-3-4-9-15)14-7-5-6-13(10-14)11-16/h5-7,10H,3-4,8-9,11-12,16H2,1-2H3. The van der Waals surface area contributed by atoms with Crippen molar-refractivity contribution in [3.8, 4) is 0 Å². The van der Waals surface area contributed by atoms with Gasteiger partial charge in [-0.15, -0.1) is 0 Å². The summed E-state index contributed by atoms with van der Waals surface area (Å²) in [6, 6.07) is 8.89. The van der Waals surface area contributed by atoms with Gasteiger partial charge in [0.05, 0.1) is 0 Å². The molecule has 1 saturated carbocycles. The highest BCUT2D eigenvalue weighted by Gasteiger charge is 2.35. The zero-order chi connectivity index (χ0) is 12.3. The highest BCUT2D eigenvalue weighted by atomic mass is 15.1. The lowest BCUT2D eigenvalue weighted by atomic mass is 9.78. The predicted octanol–water partition coefficient (Wildman–Crippen LogP) is 2.52. The molecular weight excluding hydrogens is 208 g/mol. The van der Waals surface area contributed by atoms with E-state index in [0.717, 1.165) is 6.54 Å². The molecule has 2 rings (SSSR count). The molecule has 0 unspecified atom stereocenters. The molecule has 17 heavy (non-hydrogen) atoms. The fourth-order valence-corrected chi connectivity index (χ4v) is 3.22. The number of hydrogen-bond donors (Lipinski definition) is 1. The minimum atomic E-state index is 0.370. The van der Waals surface area contributed by atoms with Crippen LogP contribution in [0.15, 0.2) is 24.3 Å². The molecule has 1 aromatic carbocycles. The summed E-state index contributed by atoms with van der Waals surface area (Å²) in [5.74, 6) is 0. The summed E-state index contributed by atoms with van der Waals surface area (Å²) < 4.78 is 0. The van der Waals surface area contributed by atoms with E-state index in [1.807, 2.05) is 0 Å². The molecule has 0 heterocycles. The van der Waals surface area contributed by atoms with Crippen LogP contribution in [0.5, 0.6) is 0 Å². The Bertz CT molecular complexity index is 365. The lowest BCUT2D eigenvalue weighted by Crippen LogP contribution is -2.35. The smallest absolute Gasteiger partial charge is 0.0178 e. The van der Waals surface area contributed by atoms with E-state index in [1.165, 1.54) is 36.8 Å². The lowest BCUT2D eigenvalue weighted by Gasteiger charge is -2.33. The third-order valence-corrected chi connectivity index (χ3v) is 3.95. The van der Waals surface area contributed by atoms with Crippen molar-refractivity contribution < 1.29 is 0 Å². The van der Waals surface area contributed by atoms with Gasteiger partial charge in [-0.25, -0.2) is 0 Å². The summed E-state index contributed by atoms with van der Waals surface area (Å²) in [6.07, 6.45) is 5.36. The van der Waals surface area contributed by atoms with Crippen molar-refractivity contribution >= 4 is 0 Å². The fourth-order valence-electron chi connectivity index (χ4n) is 3.22. The average Bonchev–Trinajstić information content (AvgIpc) is 2.78. The zero-order valence-corrected chi connectivity index (χ0v) is 11.1. The van der Waals surface area contributed by atoms with Crippen LogP contribution in [-0.4, -0.2) is 25.5 Å². The number of likely N-dealkylation sites (N-methyl/N-ethyl adjacent to an activating group) is 1. The maximum atomic E-state index is 5.75. The van der Waals surface area contributed by atoms with Gasteiger partial charge in [0.15, 0.2) is 0 Å². The summed E-state index contributed by atoms with van der Waals surface area (Å²) in [5.41, 5.74) is 8.87. The van der Waals surface area contributed by atoms with Crippen molar-refractivity contribution in [1.82, 2.24) is 4.90 Å². The monoisotopic (exact) mass is 232 g/mol. The van der Waals surface area contributed by atoms with E-state index in [9.17, 15) is 0 Å². The summed E-state index contributed by atoms with van der Waals surface area (Å²) in [4.78, 5) is 2.32. The fraction of sp³-hybridized carbons (Fsp3) is 0.600. The van der Waals surface area contributed by atoms with Crippen molar-refractivity contribution in [2.75, 3.05) is 20.6 Å². The Labute approximate surface area is 105 Å². The van der Waals surface area contributed by atoms with Gasteiger partial charge in [-0.1, -0.05) is 37.1 Å². The van der Waals surface area contributed by atoms with Crippen molar-refractivity contribution in [2.24, 2.45) is 5.73 Å². The first-order chi connectivity index (χ1) is 8.16. The lowest BCUT2D eigenvalue weighted by molar-refractivity contribution is 0.283. The van der Waals surface area contributed by atoms with Crippen molar-refractivity contribution in [1.29, 1.82) is 0 Å². The molecule has 0 aliphatic heterocycles. The first kappa shape index (κ1) is 12.6. The van der Waals surface area contributed by atoms with E-state index in [4.69, 9.17) is 5.73 Å². The largest absolute Gasteiger partial charge is 0.326 e. The van der Waals surface area contributed by atoms with Gasteiger partial charge < -0.3 is 10.6 Å². The van der Waals surface area contributed by atoms with Crippen LogP contribution in [0, 0.1) is 0 Å². The minimum absolute atomic E-state index is 0.370. The quantitative estimate of drug-likeness (QED) is 0.864. The van der Waals surface area contributed by atoms with Gasteiger partial charge in [-0.05, 0) is 38.1 Å². The van der Waals surface area contributed by atoms with Crippen LogP contribution in [0.4, 0.5) is 0 Å². The molecule has 0 saturated heterocycles. The second-order valence-corrected chi connectivity index (χ2v) is 5.63. The van der Waals surface area contributed by atoms with Gasteiger partial charge in [0.1, 0.15) is 0 Å². The number of hydrogen-bond acceptors (Lipinski definition) is 2. The van der Waals surface area contributed by atoms with Gasteiger partial charge in [0.25, 0.3) is 0 Å². The van der Waals surface area contributed by atoms with E-state index in [2.05, 4.69) is 43.3 Å². The molecule has 0 bridgehead atoms. The molecule has 0 spiro atoms. The van der Waals surface area contributed by atoms with Crippen LogP contribution < -0.4 is 5.73 Å². The van der Waals surface area contributed by atoms with E-state index in [-0.39, 0.29) is 0 Å². The van der Waals surface area contributed by atoms with Gasteiger partial charge in [0.2, 0.25) is 0 Å². The molecule has 1 aromatic rings. The molecule has 1 aliphatic rings. The summed E-state index contributed by atoms with van der Waals surface area (Å²) in [6.45, 7) is 1.80. The third kappa shape index (κ3) is 2.70. The number of nitrogens with two attached hydrogens (primary N) is 1. The first-order valence-electron chi connectivity index (χ1n) is 6.60. The summed E-state index contributed by atoms with van der Waals surface area (Å²) in [7, 11) is 4.35. The first-order valence-corrected chi connectivity index (χ1v) is 6.60. The van der Waals surface area contributed by atoms with Gasteiger partial charge in [-0.3, -0.25) is 0 Å². The molecule has 0 aromatic heterocycles. The Kier molecular flexibility index (Phi) is 3.85. The third-order valence-electron chi connectivity index (χ3n) is 3.95. The molecule has 0 amide bonds. The molecule has 1 aliphatic carbocycles. The maximum absolute atomic E-state index is 5.75. The number of rotatable bonds is 4. The average molecular weight is 232 g/mol. The van der Waals surface area contributed by atoms with E-state index in [0.29, 0.717) is 12.0 Å². The molecule has 2 nitrogen and oxygen atoms in total. The Morgan fingerprint density at radius 2 is 1.94 bits per heavy atom. The van der Waals surface area contributed by atoms with Crippen LogP contribution >= 0.6 is 0 Å². The Hall–Kier alpha value is -0.860. The van der Waals surface area contributed by atoms with E-state index >= 15 is 0 Å². The topological polar surface area (TPSA) is 29.3 Å².